The van der Waals surface area contributed by atoms with Crippen LogP contribution in [0.4, 0.5) is 5.69 Å². The van der Waals surface area contributed by atoms with Crippen molar-refractivity contribution in [2.45, 2.75) is 38.1 Å². The maximum atomic E-state index is 10.8. The topological polar surface area (TPSA) is 69.2 Å². The van der Waals surface area contributed by atoms with E-state index in [-0.39, 0.29) is 24.1 Å². The number of hydrogen-bond acceptors (Lipinski definition) is 3. The Balaban J connectivity index is 0.00000180. The molecular weight excluding hydrogens is 287 g/mol. The molecule has 6 heteroatoms. The Morgan fingerprint density at radius 1 is 1.32 bits per heavy atom. The van der Waals surface area contributed by atoms with Gasteiger partial charge >= 0.3 is 0 Å². The zero-order chi connectivity index (χ0) is 13.1. The minimum atomic E-state index is -0.409. The Labute approximate surface area is 123 Å². The summed E-state index contributed by atoms with van der Waals surface area (Å²) >= 11 is 6.11. The van der Waals surface area contributed by atoms with Gasteiger partial charge in [0.1, 0.15) is 0 Å². The monoisotopic (exact) mass is 304 g/mol. The molecule has 19 heavy (non-hydrogen) atoms. The van der Waals surface area contributed by atoms with Gasteiger partial charge in [-0.05, 0) is 30.4 Å². The first-order chi connectivity index (χ1) is 8.59. The zero-order valence-corrected chi connectivity index (χ0v) is 12.1. The number of non-ortho nitro benzene ring substituents is 1. The van der Waals surface area contributed by atoms with Crippen molar-refractivity contribution in [1.82, 2.24) is 0 Å². The third-order valence-electron chi connectivity index (χ3n) is 3.71. The summed E-state index contributed by atoms with van der Waals surface area (Å²) in [5.74, 6) is 0.387. The van der Waals surface area contributed by atoms with Crippen LogP contribution in [0.1, 0.15) is 43.7 Å². The molecule has 1 aliphatic carbocycles. The molecule has 0 spiro atoms. The second kappa shape index (κ2) is 7.08. The van der Waals surface area contributed by atoms with Crippen LogP contribution in [0, 0.1) is 16.0 Å². The summed E-state index contributed by atoms with van der Waals surface area (Å²) in [4.78, 5) is 10.4. The maximum absolute atomic E-state index is 10.8. The summed E-state index contributed by atoms with van der Waals surface area (Å²) in [6, 6.07) is 4.30. The summed E-state index contributed by atoms with van der Waals surface area (Å²) in [5.41, 5.74) is 6.99. The third kappa shape index (κ3) is 3.81. The van der Waals surface area contributed by atoms with Gasteiger partial charge in [-0.2, -0.15) is 0 Å². The van der Waals surface area contributed by atoms with Gasteiger partial charge in [-0.3, -0.25) is 10.1 Å². The second-order valence-corrected chi connectivity index (χ2v) is 5.29. The molecule has 0 radical (unpaired) electrons. The van der Waals surface area contributed by atoms with Gasteiger partial charge in [0.05, 0.1) is 4.92 Å². The van der Waals surface area contributed by atoms with E-state index in [0.717, 1.165) is 12.8 Å². The molecule has 1 aromatic carbocycles. The fraction of sp³-hybridized carbons (Fsp3) is 0.538. The highest BCUT2D eigenvalue weighted by molar-refractivity contribution is 6.31. The number of nitrogens with zero attached hydrogens (tertiary/aromatic N) is 1. The molecule has 0 saturated heterocycles. The van der Waals surface area contributed by atoms with Crippen molar-refractivity contribution in [3.8, 4) is 0 Å². The molecule has 0 aromatic heterocycles. The smallest absolute Gasteiger partial charge is 0.269 e. The van der Waals surface area contributed by atoms with Crippen molar-refractivity contribution >= 4 is 29.7 Å². The molecule has 0 aliphatic heterocycles. The summed E-state index contributed by atoms with van der Waals surface area (Å²) in [7, 11) is 0. The van der Waals surface area contributed by atoms with Crippen LogP contribution in [0.25, 0.3) is 0 Å². The van der Waals surface area contributed by atoms with E-state index in [1.165, 1.54) is 31.4 Å². The van der Waals surface area contributed by atoms with Crippen molar-refractivity contribution in [2.24, 2.45) is 11.7 Å². The van der Waals surface area contributed by atoms with Crippen LogP contribution in [0.15, 0.2) is 18.2 Å². The van der Waals surface area contributed by atoms with Crippen LogP contribution in [0.3, 0.4) is 0 Å². The van der Waals surface area contributed by atoms with E-state index in [0.29, 0.717) is 16.5 Å². The number of benzene rings is 1. The molecule has 1 atom stereocenters. The molecule has 0 amide bonds. The molecule has 0 bridgehead atoms. The highest BCUT2D eigenvalue weighted by Crippen LogP contribution is 2.36. The van der Waals surface area contributed by atoms with Crippen LogP contribution in [0.5, 0.6) is 0 Å². The average Bonchev–Trinajstić information content (AvgIpc) is 2.39. The summed E-state index contributed by atoms with van der Waals surface area (Å²) in [5, 5.41) is 11.3. The Morgan fingerprint density at radius 2 is 1.95 bits per heavy atom. The summed E-state index contributed by atoms with van der Waals surface area (Å²) < 4.78 is 0. The van der Waals surface area contributed by atoms with Gasteiger partial charge in [0, 0.05) is 23.2 Å². The molecule has 2 rings (SSSR count). The van der Waals surface area contributed by atoms with Gasteiger partial charge in [-0.1, -0.05) is 30.9 Å². The van der Waals surface area contributed by atoms with Crippen molar-refractivity contribution in [1.29, 1.82) is 0 Å². The number of rotatable bonds is 3. The molecule has 0 heterocycles. The van der Waals surface area contributed by atoms with Crippen LogP contribution in [-0.4, -0.2) is 4.92 Å². The highest BCUT2D eigenvalue weighted by Gasteiger charge is 2.24. The van der Waals surface area contributed by atoms with Gasteiger partial charge in [0.2, 0.25) is 0 Å². The maximum Gasteiger partial charge on any atom is 0.269 e. The molecule has 2 N–H and O–H groups in total. The molecule has 106 valence electrons. The van der Waals surface area contributed by atoms with E-state index in [2.05, 4.69) is 0 Å². The number of nitro groups is 1. The minimum absolute atomic E-state index is 0. The van der Waals surface area contributed by atoms with E-state index in [4.69, 9.17) is 17.3 Å². The Hall–Kier alpha value is -0.840. The summed E-state index contributed by atoms with van der Waals surface area (Å²) in [6.07, 6.45) is 5.79. The molecule has 1 saturated carbocycles. The Morgan fingerprint density at radius 3 is 2.53 bits per heavy atom. The standard InChI is InChI=1S/C13H17ClN2O2.ClH/c14-12-7-6-10(16(17)18)8-11(12)13(15)9-4-2-1-3-5-9;/h6-9,13H,1-5,15H2;1H/t13-;/m0./s1. The number of hydrogen-bond donors (Lipinski definition) is 1. The lowest BCUT2D eigenvalue weighted by atomic mass is 9.81. The van der Waals surface area contributed by atoms with Gasteiger partial charge in [-0.25, -0.2) is 0 Å². The van der Waals surface area contributed by atoms with E-state index in [9.17, 15) is 10.1 Å². The van der Waals surface area contributed by atoms with Gasteiger partial charge < -0.3 is 5.73 Å². The first-order valence-electron chi connectivity index (χ1n) is 6.29. The van der Waals surface area contributed by atoms with Gasteiger partial charge in [-0.15, -0.1) is 12.4 Å². The SMILES string of the molecule is Cl.N[C@H](c1cc([N+](=O)[O-])ccc1Cl)C1CCCCC1. The zero-order valence-electron chi connectivity index (χ0n) is 10.5. The normalized spacial score (nSPS) is 17.6. The number of nitro benzene ring substituents is 1. The van der Waals surface area contributed by atoms with E-state index in [1.807, 2.05) is 0 Å². The first-order valence-corrected chi connectivity index (χ1v) is 6.67. The van der Waals surface area contributed by atoms with Crippen molar-refractivity contribution in [3.63, 3.8) is 0 Å². The predicted molar refractivity (Wildman–Crippen MR) is 78.9 cm³/mol. The van der Waals surface area contributed by atoms with Crippen molar-refractivity contribution < 1.29 is 4.92 Å². The number of halogens is 2. The molecule has 1 aromatic rings. The van der Waals surface area contributed by atoms with E-state index in [1.54, 1.807) is 6.07 Å². The fourth-order valence-corrected chi connectivity index (χ4v) is 2.89. The lowest BCUT2D eigenvalue weighted by molar-refractivity contribution is -0.384. The molecular formula is C13H18Cl2N2O2. The number of nitrogens with two attached hydrogens (primary N) is 1. The largest absolute Gasteiger partial charge is 0.324 e. The fourth-order valence-electron chi connectivity index (χ4n) is 2.65. The highest BCUT2D eigenvalue weighted by atomic mass is 35.5. The molecule has 1 fully saturated rings. The Bertz CT molecular complexity index is 448. The van der Waals surface area contributed by atoms with Crippen LogP contribution < -0.4 is 5.73 Å². The molecule has 4 nitrogen and oxygen atoms in total. The lowest BCUT2D eigenvalue weighted by Crippen LogP contribution is -2.23. The Kier molecular flexibility index (Phi) is 6.04. The summed E-state index contributed by atoms with van der Waals surface area (Å²) in [6.45, 7) is 0. The lowest BCUT2D eigenvalue weighted by Gasteiger charge is -2.28. The average molecular weight is 305 g/mol. The predicted octanol–water partition coefficient (Wildman–Crippen LogP) is 4.25. The van der Waals surface area contributed by atoms with Gasteiger partial charge in [0.25, 0.3) is 5.69 Å². The van der Waals surface area contributed by atoms with Gasteiger partial charge in [0.15, 0.2) is 0 Å². The van der Waals surface area contributed by atoms with E-state index < -0.39 is 4.92 Å². The molecule has 0 unspecified atom stereocenters. The first kappa shape index (κ1) is 16.2. The van der Waals surface area contributed by atoms with Crippen molar-refractivity contribution in [3.05, 3.63) is 38.9 Å². The quantitative estimate of drug-likeness (QED) is 0.670. The van der Waals surface area contributed by atoms with Crippen LogP contribution in [-0.2, 0) is 0 Å². The third-order valence-corrected chi connectivity index (χ3v) is 4.05. The van der Waals surface area contributed by atoms with E-state index >= 15 is 0 Å². The van der Waals surface area contributed by atoms with Crippen LogP contribution in [0.2, 0.25) is 5.02 Å². The van der Waals surface area contributed by atoms with Crippen molar-refractivity contribution in [2.75, 3.05) is 0 Å². The second-order valence-electron chi connectivity index (χ2n) is 4.89. The molecule has 1 aliphatic rings. The minimum Gasteiger partial charge on any atom is -0.324 e. The van der Waals surface area contributed by atoms with Crippen LogP contribution >= 0.6 is 24.0 Å².